The normalized spacial score (nSPS) is 18.8. The fourth-order valence-electron chi connectivity index (χ4n) is 2.24. The molecule has 21 heavy (non-hydrogen) atoms. The highest BCUT2D eigenvalue weighted by atomic mass is 32.2. The maximum atomic E-state index is 12.3. The number of hydrogen-bond donors (Lipinski definition) is 0. The van der Waals surface area contributed by atoms with Crippen LogP contribution in [0.5, 0.6) is 0 Å². The van der Waals surface area contributed by atoms with Crippen LogP contribution >= 0.6 is 23.1 Å². The van der Waals surface area contributed by atoms with Crippen molar-refractivity contribution in [1.29, 1.82) is 0 Å². The van der Waals surface area contributed by atoms with Crippen molar-refractivity contribution in [2.45, 2.75) is 49.5 Å². The Bertz CT molecular complexity index is 494. The van der Waals surface area contributed by atoms with Gasteiger partial charge in [0.15, 0.2) is 0 Å². The minimum absolute atomic E-state index is 0.0155. The zero-order valence-corrected chi connectivity index (χ0v) is 14.3. The Morgan fingerprint density at radius 2 is 2.24 bits per heavy atom. The summed E-state index contributed by atoms with van der Waals surface area (Å²) in [5, 5.41) is 1.99. The van der Waals surface area contributed by atoms with Crippen LogP contribution < -0.4 is 0 Å². The zero-order valence-electron chi connectivity index (χ0n) is 12.6. The van der Waals surface area contributed by atoms with Crippen molar-refractivity contribution in [1.82, 2.24) is 4.90 Å². The van der Waals surface area contributed by atoms with E-state index in [0.717, 1.165) is 10.6 Å². The summed E-state index contributed by atoms with van der Waals surface area (Å²) >= 11 is 3.15. The van der Waals surface area contributed by atoms with Crippen molar-refractivity contribution in [2.75, 3.05) is 12.3 Å². The fraction of sp³-hybridized carbons (Fsp3) is 0.600. The summed E-state index contributed by atoms with van der Waals surface area (Å²) < 4.78 is 6.54. The third kappa shape index (κ3) is 4.74. The van der Waals surface area contributed by atoms with Gasteiger partial charge in [0.05, 0.1) is 9.96 Å². The number of thioether (sulfide) groups is 1. The lowest BCUT2D eigenvalue weighted by molar-refractivity contribution is -0.162. The average Bonchev–Trinajstić information content (AvgIpc) is 3.05. The second kappa shape index (κ2) is 6.83. The van der Waals surface area contributed by atoms with Crippen molar-refractivity contribution >= 4 is 35.0 Å². The van der Waals surface area contributed by atoms with E-state index >= 15 is 0 Å². The molecular formula is C15H21NO3S2. The molecule has 1 aromatic heterocycles. The average molecular weight is 327 g/mol. The number of ether oxygens (including phenoxy) is 1. The molecule has 0 radical (unpaired) electrons. The number of amides is 1. The van der Waals surface area contributed by atoms with Gasteiger partial charge in [-0.05, 0) is 45.1 Å². The van der Waals surface area contributed by atoms with E-state index in [4.69, 9.17) is 4.74 Å². The van der Waals surface area contributed by atoms with Crippen LogP contribution in [0.15, 0.2) is 21.7 Å². The van der Waals surface area contributed by atoms with E-state index in [9.17, 15) is 9.59 Å². The molecular weight excluding hydrogens is 306 g/mol. The molecule has 0 aliphatic carbocycles. The first kappa shape index (κ1) is 16.4. The van der Waals surface area contributed by atoms with Gasteiger partial charge in [-0.3, -0.25) is 4.79 Å². The van der Waals surface area contributed by atoms with Crippen LogP contribution in [0.2, 0.25) is 0 Å². The van der Waals surface area contributed by atoms with Gasteiger partial charge in [-0.1, -0.05) is 6.07 Å². The molecule has 1 amide bonds. The minimum atomic E-state index is -0.514. The van der Waals surface area contributed by atoms with Crippen LogP contribution in [0.4, 0.5) is 0 Å². The lowest BCUT2D eigenvalue weighted by Crippen LogP contribution is -2.44. The number of rotatable bonds is 4. The van der Waals surface area contributed by atoms with Gasteiger partial charge in [-0.25, -0.2) is 4.79 Å². The Morgan fingerprint density at radius 3 is 2.86 bits per heavy atom. The maximum absolute atomic E-state index is 12.3. The molecule has 0 unspecified atom stereocenters. The van der Waals surface area contributed by atoms with E-state index in [1.165, 1.54) is 11.8 Å². The Kier molecular flexibility index (Phi) is 5.32. The van der Waals surface area contributed by atoms with Crippen molar-refractivity contribution in [3.8, 4) is 0 Å². The molecule has 0 spiro atoms. The Labute approximate surface area is 133 Å². The number of carbonyl (C=O) groups is 2. The first-order chi connectivity index (χ1) is 9.87. The number of likely N-dealkylation sites (tertiary alicyclic amines) is 1. The summed E-state index contributed by atoms with van der Waals surface area (Å²) in [5.41, 5.74) is -0.514. The molecule has 1 aromatic rings. The third-order valence-electron chi connectivity index (χ3n) is 3.08. The molecule has 1 aliphatic rings. The van der Waals surface area contributed by atoms with Gasteiger partial charge in [0.1, 0.15) is 11.6 Å². The standard InChI is InChI=1S/C15H21NO3S2/c1-15(2,3)19-14(18)11-6-4-8-16(11)12(17)10-21-13-7-5-9-20-13/h5,7,9,11H,4,6,8,10H2,1-3H3/t11-/m0/s1. The second-order valence-electron chi connectivity index (χ2n) is 6.00. The van der Waals surface area contributed by atoms with Crippen LogP contribution in [0.3, 0.4) is 0 Å². The highest BCUT2D eigenvalue weighted by Crippen LogP contribution is 2.26. The van der Waals surface area contributed by atoms with Crippen LogP contribution in [0.1, 0.15) is 33.6 Å². The van der Waals surface area contributed by atoms with Crippen LogP contribution in [0, 0.1) is 0 Å². The summed E-state index contributed by atoms with van der Waals surface area (Å²) in [5.74, 6) is 0.107. The van der Waals surface area contributed by atoms with Gasteiger partial charge >= 0.3 is 5.97 Å². The summed E-state index contributed by atoms with van der Waals surface area (Å²) in [6.07, 6.45) is 1.56. The maximum Gasteiger partial charge on any atom is 0.329 e. The topological polar surface area (TPSA) is 46.6 Å². The molecule has 0 bridgehead atoms. The van der Waals surface area contributed by atoms with Crippen molar-refractivity contribution in [3.05, 3.63) is 17.5 Å². The summed E-state index contributed by atoms with van der Waals surface area (Å²) in [7, 11) is 0. The quantitative estimate of drug-likeness (QED) is 0.629. The lowest BCUT2D eigenvalue weighted by Gasteiger charge is -2.27. The van der Waals surface area contributed by atoms with E-state index in [1.54, 1.807) is 16.2 Å². The van der Waals surface area contributed by atoms with Crippen LogP contribution in [0.25, 0.3) is 0 Å². The largest absolute Gasteiger partial charge is 0.458 e. The van der Waals surface area contributed by atoms with Crippen molar-refractivity contribution < 1.29 is 14.3 Å². The molecule has 1 saturated heterocycles. The first-order valence-corrected chi connectivity index (χ1v) is 8.92. The molecule has 2 heterocycles. The second-order valence-corrected chi connectivity index (χ2v) is 8.22. The molecule has 1 fully saturated rings. The third-order valence-corrected chi connectivity index (χ3v) is 5.20. The first-order valence-electron chi connectivity index (χ1n) is 7.05. The summed E-state index contributed by atoms with van der Waals surface area (Å²) in [6, 6.07) is 3.55. The summed E-state index contributed by atoms with van der Waals surface area (Å²) in [4.78, 5) is 26.2. The molecule has 1 aliphatic heterocycles. The zero-order chi connectivity index (χ0) is 15.5. The highest BCUT2D eigenvalue weighted by molar-refractivity contribution is 8.01. The number of hydrogen-bond acceptors (Lipinski definition) is 5. The number of nitrogens with zero attached hydrogens (tertiary/aromatic N) is 1. The molecule has 4 nitrogen and oxygen atoms in total. The number of carbonyl (C=O) groups excluding carboxylic acids is 2. The van der Waals surface area contributed by atoms with Gasteiger partial charge in [-0.15, -0.1) is 23.1 Å². The number of esters is 1. The molecule has 2 rings (SSSR count). The Morgan fingerprint density at radius 1 is 1.48 bits per heavy atom. The van der Waals surface area contributed by atoms with Crippen LogP contribution in [-0.2, 0) is 14.3 Å². The van der Waals surface area contributed by atoms with E-state index in [-0.39, 0.29) is 11.9 Å². The smallest absolute Gasteiger partial charge is 0.329 e. The van der Waals surface area contributed by atoms with E-state index in [0.29, 0.717) is 18.7 Å². The Balaban J connectivity index is 1.91. The SMILES string of the molecule is CC(C)(C)OC(=O)[C@@H]1CCCN1C(=O)CSc1cccs1. The van der Waals surface area contributed by atoms with Crippen molar-refractivity contribution in [2.24, 2.45) is 0 Å². The molecule has 116 valence electrons. The Hall–Kier alpha value is -1.01. The predicted molar refractivity (Wildman–Crippen MR) is 85.6 cm³/mol. The van der Waals surface area contributed by atoms with Gasteiger partial charge in [-0.2, -0.15) is 0 Å². The van der Waals surface area contributed by atoms with Gasteiger partial charge in [0.25, 0.3) is 0 Å². The molecule has 0 saturated carbocycles. The van der Waals surface area contributed by atoms with Gasteiger partial charge in [0, 0.05) is 6.54 Å². The fourth-order valence-corrected chi connectivity index (χ4v) is 3.91. The minimum Gasteiger partial charge on any atom is -0.458 e. The van der Waals surface area contributed by atoms with Crippen molar-refractivity contribution in [3.63, 3.8) is 0 Å². The molecule has 6 heteroatoms. The molecule has 0 aromatic carbocycles. The van der Waals surface area contributed by atoms with E-state index in [1.807, 2.05) is 38.3 Å². The van der Waals surface area contributed by atoms with E-state index in [2.05, 4.69) is 0 Å². The van der Waals surface area contributed by atoms with E-state index < -0.39 is 11.6 Å². The van der Waals surface area contributed by atoms with Gasteiger partial charge in [0.2, 0.25) is 5.91 Å². The molecule has 0 N–H and O–H groups in total. The van der Waals surface area contributed by atoms with Gasteiger partial charge < -0.3 is 9.64 Å². The monoisotopic (exact) mass is 327 g/mol. The lowest BCUT2D eigenvalue weighted by atomic mass is 10.1. The highest BCUT2D eigenvalue weighted by Gasteiger charge is 2.36. The number of thiophene rings is 1. The summed E-state index contributed by atoms with van der Waals surface area (Å²) in [6.45, 7) is 6.18. The van der Waals surface area contributed by atoms with Crippen LogP contribution in [-0.4, -0.2) is 40.7 Å². The predicted octanol–water partition coefficient (Wildman–Crippen LogP) is 3.17. The molecule has 1 atom stereocenters.